The van der Waals surface area contributed by atoms with Crippen molar-refractivity contribution in [1.82, 2.24) is 14.8 Å². The van der Waals surface area contributed by atoms with Gasteiger partial charge in [-0.05, 0) is 36.4 Å². The molecule has 0 aliphatic rings. The zero-order chi connectivity index (χ0) is 18.8. The summed E-state index contributed by atoms with van der Waals surface area (Å²) in [7, 11) is 1.56. The summed E-state index contributed by atoms with van der Waals surface area (Å²) in [5.41, 5.74) is -1.36. The molecular formula is C16H10Cl3N3O4. The zero-order valence-corrected chi connectivity index (χ0v) is 15.4. The number of aromatic nitrogens is 3. The Morgan fingerprint density at radius 1 is 1.00 bits per heavy atom. The van der Waals surface area contributed by atoms with Crippen LogP contribution in [0.4, 0.5) is 0 Å². The van der Waals surface area contributed by atoms with Crippen molar-refractivity contribution in [3.8, 4) is 22.9 Å². The Hall–Kier alpha value is -2.48. The van der Waals surface area contributed by atoms with Crippen LogP contribution in [0.2, 0.25) is 15.2 Å². The monoisotopic (exact) mass is 413 g/mol. The molecule has 10 heteroatoms. The Bertz CT molecular complexity index is 1050. The summed E-state index contributed by atoms with van der Waals surface area (Å²) in [6, 6.07) is 9.64. The third-order valence-corrected chi connectivity index (χ3v) is 4.10. The standard InChI is InChI=1S/C16H10Cl3N3O4/c1-25-9-2-4-10(5-3-9)26-13-11(17)6-8(7-12(13)18)22-16(24)20-15(23)14(19)21-22/h2-7H,1H3,(H,20,23,24). The largest absolute Gasteiger partial charge is 0.497 e. The van der Waals surface area contributed by atoms with Crippen molar-refractivity contribution in [3.05, 3.63) is 72.4 Å². The smallest absolute Gasteiger partial charge is 0.349 e. The van der Waals surface area contributed by atoms with Gasteiger partial charge in [0.05, 0.1) is 22.8 Å². The van der Waals surface area contributed by atoms with Crippen LogP contribution in [-0.2, 0) is 0 Å². The van der Waals surface area contributed by atoms with E-state index in [1.165, 1.54) is 12.1 Å². The molecule has 1 heterocycles. The van der Waals surface area contributed by atoms with Crippen LogP contribution < -0.4 is 20.7 Å². The lowest BCUT2D eigenvalue weighted by atomic mass is 10.3. The third kappa shape index (κ3) is 3.70. The van der Waals surface area contributed by atoms with Gasteiger partial charge in [-0.25, -0.2) is 4.79 Å². The number of ether oxygens (including phenoxy) is 2. The number of benzene rings is 2. The molecule has 7 nitrogen and oxygen atoms in total. The number of rotatable bonds is 4. The van der Waals surface area contributed by atoms with Gasteiger partial charge >= 0.3 is 5.69 Å². The van der Waals surface area contributed by atoms with E-state index in [0.29, 0.717) is 11.5 Å². The first-order valence-corrected chi connectivity index (χ1v) is 8.23. The van der Waals surface area contributed by atoms with E-state index in [1.807, 2.05) is 4.98 Å². The minimum atomic E-state index is -0.787. The maximum atomic E-state index is 11.9. The SMILES string of the molecule is COc1ccc(Oc2c(Cl)cc(-n3nc(Cl)c(=O)[nH]c3=O)cc2Cl)cc1. The molecule has 134 valence electrons. The van der Waals surface area contributed by atoms with Gasteiger partial charge in [0.2, 0.25) is 5.15 Å². The predicted octanol–water partition coefficient (Wildman–Crippen LogP) is 3.68. The van der Waals surface area contributed by atoms with E-state index < -0.39 is 16.4 Å². The lowest BCUT2D eigenvalue weighted by Crippen LogP contribution is -2.31. The number of methoxy groups -OCH3 is 1. The number of aromatic amines is 1. The fraction of sp³-hybridized carbons (Fsp3) is 0.0625. The van der Waals surface area contributed by atoms with Gasteiger partial charge in [-0.3, -0.25) is 9.78 Å². The number of hydrogen-bond donors (Lipinski definition) is 1. The summed E-state index contributed by atoms with van der Waals surface area (Å²) in [6.07, 6.45) is 0. The average Bonchev–Trinajstić information content (AvgIpc) is 2.61. The molecule has 0 unspecified atom stereocenters. The van der Waals surface area contributed by atoms with Gasteiger partial charge in [-0.2, -0.15) is 4.68 Å². The van der Waals surface area contributed by atoms with Gasteiger partial charge in [0.25, 0.3) is 5.56 Å². The molecule has 3 aromatic rings. The van der Waals surface area contributed by atoms with Gasteiger partial charge in [0.15, 0.2) is 5.75 Å². The van der Waals surface area contributed by atoms with Crippen LogP contribution in [0.3, 0.4) is 0 Å². The van der Waals surface area contributed by atoms with Gasteiger partial charge in [-0.1, -0.05) is 34.8 Å². The molecule has 0 saturated heterocycles. The fourth-order valence-electron chi connectivity index (χ4n) is 2.08. The first-order valence-electron chi connectivity index (χ1n) is 7.09. The molecule has 0 radical (unpaired) electrons. The van der Waals surface area contributed by atoms with Gasteiger partial charge in [0, 0.05) is 0 Å². The van der Waals surface area contributed by atoms with E-state index in [9.17, 15) is 9.59 Å². The summed E-state index contributed by atoms with van der Waals surface area (Å²) >= 11 is 18.1. The number of hydrogen-bond acceptors (Lipinski definition) is 5. The lowest BCUT2D eigenvalue weighted by Gasteiger charge is -2.12. The molecule has 0 bridgehead atoms. The average molecular weight is 415 g/mol. The number of halogens is 3. The van der Waals surface area contributed by atoms with E-state index >= 15 is 0 Å². The van der Waals surface area contributed by atoms with Crippen molar-refractivity contribution in [1.29, 1.82) is 0 Å². The molecule has 2 aromatic carbocycles. The second-order valence-electron chi connectivity index (χ2n) is 4.98. The van der Waals surface area contributed by atoms with Gasteiger partial charge in [-0.15, -0.1) is 5.10 Å². The summed E-state index contributed by atoms with van der Waals surface area (Å²) in [6.45, 7) is 0. The molecular weight excluding hydrogens is 405 g/mol. The van der Waals surface area contributed by atoms with Crippen molar-refractivity contribution in [3.63, 3.8) is 0 Å². The summed E-state index contributed by atoms with van der Waals surface area (Å²) < 4.78 is 11.6. The molecule has 0 atom stereocenters. The molecule has 1 N–H and O–H groups in total. The third-order valence-electron chi connectivity index (χ3n) is 3.29. The molecule has 0 spiro atoms. The van der Waals surface area contributed by atoms with E-state index in [2.05, 4.69) is 5.10 Å². The minimum Gasteiger partial charge on any atom is -0.497 e. The highest BCUT2D eigenvalue weighted by molar-refractivity contribution is 6.37. The summed E-state index contributed by atoms with van der Waals surface area (Å²) in [4.78, 5) is 25.3. The van der Waals surface area contributed by atoms with Gasteiger partial charge < -0.3 is 9.47 Å². The molecule has 0 aliphatic heterocycles. The number of nitrogens with zero attached hydrogens (tertiary/aromatic N) is 2. The predicted molar refractivity (Wildman–Crippen MR) is 98.6 cm³/mol. The summed E-state index contributed by atoms with van der Waals surface area (Å²) in [5.74, 6) is 1.36. The van der Waals surface area contributed by atoms with Crippen molar-refractivity contribution >= 4 is 34.8 Å². The molecule has 3 rings (SSSR count). The zero-order valence-electron chi connectivity index (χ0n) is 13.1. The molecule has 1 aromatic heterocycles. The normalized spacial score (nSPS) is 10.6. The number of H-pyrrole nitrogens is 1. The molecule has 0 saturated carbocycles. The first kappa shape index (κ1) is 18.3. The van der Waals surface area contributed by atoms with Crippen molar-refractivity contribution in [2.75, 3.05) is 7.11 Å². The number of nitrogens with one attached hydrogen (secondary N) is 1. The summed E-state index contributed by atoms with van der Waals surface area (Å²) in [5, 5.41) is 3.59. The van der Waals surface area contributed by atoms with E-state index in [-0.39, 0.29) is 21.5 Å². The maximum Gasteiger partial charge on any atom is 0.349 e. The maximum absolute atomic E-state index is 11.9. The quantitative estimate of drug-likeness (QED) is 0.704. The van der Waals surface area contributed by atoms with Crippen LogP contribution in [-0.4, -0.2) is 21.9 Å². The minimum absolute atomic E-state index is 0.138. The lowest BCUT2D eigenvalue weighted by molar-refractivity contribution is 0.413. The molecule has 26 heavy (non-hydrogen) atoms. The second-order valence-corrected chi connectivity index (χ2v) is 6.15. The van der Waals surface area contributed by atoms with E-state index in [4.69, 9.17) is 44.3 Å². The van der Waals surface area contributed by atoms with Crippen molar-refractivity contribution in [2.45, 2.75) is 0 Å². The Morgan fingerprint density at radius 3 is 2.15 bits per heavy atom. The molecule has 0 amide bonds. The topological polar surface area (TPSA) is 86.2 Å². The van der Waals surface area contributed by atoms with Crippen LogP contribution in [0.15, 0.2) is 46.0 Å². The molecule has 0 fully saturated rings. The molecule has 0 aliphatic carbocycles. The highest BCUT2D eigenvalue weighted by Gasteiger charge is 2.14. The van der Waals surface area contributed by atoms with Gasteiger partial charge in [0.1, 0.15) is 11.5 Å². The highest BCUT2D eigenvalue weighted by atomic mass is 35.5. The van der Waals surface area contributed by atoms with Crippen molar-refractivity contribution in [2.24, 2.45) is 0 Å². The van der Waals surface area contributed by atoms with Crippen LogP contribution >= 0.6 is 34.8 Å². The van der Waals surface area contributed by atoms with Crippen LogP contribution in [0.5, 0.6) is 17.2 Å². The fourth-order valence-corrected chi connectivity index (χ4v) is 2.76. The first-order chi connectivity index (χ1) is 12.4. The van der Waals surface area contributed by atoms with Crippen molar-refractivity contribution < 1.29 is 9.47 Å². The Morgan fingerprint density at radius 2 is 1.58 bits per heavy atom. The highest BCUT2D eigenvalue weighted by Crippen LogP contribution is 2.38. The Balaban J connectivity index is 1.99. The van der Waals surface area contributed by atoms with E-state index in [1.54, 1.807) is 31.4 Å². The second kappa shape index (κ2) is 7.41. The van der Waals surface area contributed by atoms with Crippen LogP contribution in [0.1, 0.15) is 0 Å². The van der Waals surface area contributed by atoms with Crippen LogP contribution in [0.25, 0.3) is 5.69 Å². The van der Waals surface area contributed by atoms with Crippen LogP contribution in [0, 0.1) is 0 Å². The van der Waals surface area contributed by atoms with E-state index in [0.717, 1.165) is 4.68 Å². The Kier molecular flexibility index (Phi) is 5.22. The Labute approximate surface area is 161 Å².